The monoisotopic (exact) mass is 345 g/mol. The highest BCUT2D eigenvalue weighted by molar-refractivity contribution is 7.89. The maximum Gasteiger partial charge on any atom is 0.240 e. The summed E-state index contributed by atoms with van der Waals surface area (Å²) in [5, 5.41) is 10.9. The fourth-order valence-corrected chi connectivity index (χ4v) is 3.17. The summed E-state index contributed by atoms with van der Waals surface area (Å²) in [6, 6.07) is 12.5. The Morgan fingerprint density at radius 1 is 1.05 bits per heavy atom. The zero-order valence-electron chi connectivity index (χ0n) is 10.8. The van der Waals surface area contributed by atoms with Crippen LogP contribution in [0.1, 0.15) is 11.7 Å². The van der Waals surface area contributed by atoms with Crippen LogP contribution in [0.3, 0.4) is 0 Å². The third-order valence-electron chi connectivity index (χ3n) is 2.83. The van der Waals surface area contributed by atoms with Crippen LogP contribution in [0.4, 0.5) is 0 Å². The van der Waals surface area contributed by atoms with Gasteiger partial charge in [-0.1, -0.05) is 41.4 Å². The molecule has 2 rings (SSSR count). The smallest absolute Gasteiger partial charge is 0.240 e. The summed E-state index contributed by atoms with van der Waals surface area (Å²) >= 11 is 11.5. The Hall–Kier alpha value is -1.11. The van der Waals surface area contributed by atoms with Crippen molar-refractivity contribution in [1.29, 1.82) is 0 Å². The predicted octanol–water partition coefficient (Wildman–Crippen LogP) is 3.01. The number of halogens is 2. The number of aliphatic hydroxyl groups excluding tert-OH is 1. The van der Waals surface area contributed by atoms with Crippen molar-refractivity contribution < 1.29 is 13.5 Å². The highest BCUT2D eigenvalue weighted by Crippen LogP contribution is 2.18. The van der Waals surface area contributed by atoms with E-state index in [9.17, 15) is 13.5 Å². The first-order valence-electron chi connectivity index (χ1n) is 6.07. The van der Waals surface area contributed by atoms with E-state index in [0.717, 1.165) is 0 Å². The van der Waals surface area contributed by atoms with Crippen LogP contribution in [-0.4, -0.2) is 20.1 Å². The largest absolute Gasteiger partial charge is 0.387 e. The van der Waals surface area contributed by atoms with E-state index in [1.54, 1.807) is 36.4 Å². The van der Waals surface area contributed by atoms with Crippen molar-refractivity contribution in [1.82, 2.24) is 4.72 Å². The minimum atomic E-state index is -3.71. The van der Waals surface area contributed by atoms with Gasteiger partial charge in [0.2, 0.25) is 10.0 Å². The summed E-state index contributed by atoms with van der Waals surface area (Å²) in [6.07, 6.45) is -0.962. The van der Waals surface area contributed by atoms with Crippen LogP contribution in [0.5, 0.6) is 0 Å². The summed E-state index contributed by atoms with van der Waals surface area (Å²) in [6.45, 7) is -0.142. The zero-order chi connectivity index (χ0) is 15.5. The van der Waals surface area contributed by atoms with E-state index in [1.165, 1.54) is 12.1 Å². The second-order valence-electron chi connectivity index (χ2n) is 4.38. The van der Waals surface area contributed by atoms with E-state index in [0.29, 0.717) is 15.6 Å². The standard InChI is InChI=1S/C14H13Cl2NO3S/c15-11-6-4-10(5-7-11)14(18)9-17-21(19,20)13-3-1-2-12(16)8-13/h1-8,14,17-18H,9H2. The third-order valence-corrected chi connectivity index (χ3v) is 4.74. The van der Waals surface area contributed by atoms with Gasteiger partial charge >= 0.3 is 0 Å². The molecule has 0 spiro atoms. The van der Waals surface area contributed by atoms with Gasteiger partial charge in [0.15, 0.2) is 0 Å². The van der Waals surface area contributed by atoms with E-state index >= 15 is 0 Å². The summed E-state index contributed by atoms with van der Waals surface area (Å²) in [7, 11) is -3.71. The number of benzene rings is 2. The number of sulfonamides is 1. The molecule has 7 heteroatoms. The molecule has 0 saturated heterocycles. The molecule has 0 radical (unpaired) electrons. The van der Waals surface area contributed by atoms with E-state index in [2.05, 4.69) is 4.72 Å². The van der Waals surface area contributed by atoms with Gasteiger partial charge in [0, 0.05) is 16.6 Å². The van der Waals surface area contributed by atoms with Crippen molar-refractivity contribution in [3.8, 4) is 0 Å². The van der Waals surface area contributed by atoms with Crippen LogP contribution >= 0.6 is 23.2 Å². The molecule has 0 fully saturated rings. The van der Waals surface area contributed by atoms with Crippen LogP contribution < -0.4 is 4.72 Å². The molecule has 112 valence electrons. The van der Waals surface area contributed by atoms with E-state index in [4.69, 9.17) is 23.2 Å². The van der Waals surface area contributed by atoms with Crippen LogP contribution in [-0.2, 0) is 10.0 Å². The number of hydrogen-bond donors (Lipinski definition) is 2. The van der Waals surface area contributed by atoms with Crippen molar-refractivity contribution in [2.45, 2.75) is 11.0 Å². The van der Waals surface area contributed by atoms with Gasteiger partial charge in [-0.2, -0.15) is 0 Å². The molecule has 0 aromatic heterocycles. The van der Waals surface area contributed by atoms with Gasteiger partial charge in [-0.25, -0.2) is 13.1 Å². The van der Waals surface area contributed by atoms with Crippen LogP contribution in [0, 0.1) is 0 Å². The molecule has 0 bridgehead atoms. The van der Waals surface area contributed by atoms with Gasteiger partial charge < -0.3 is 5.11 Å². The molecule has 2 N–H and O–H groups in total. The van der Waals surface area contributed by atoms with E-state index in [1.807, 2.05) is 0 Å². The summed E-state index contributed by atoms with van der Waals surface area (Å²) < 4.78 is 26.5. The van der Waals surface area contributed by atoms with E-state index in [-0.39, 0.29) is 11.4 Å². The number of nitrogens with one attached hydrogen (secondary N) is 1. The molecule has 0 saturated carbocycles. The third kappa shape index (κ3) is 4.43. The van der Waals surface area contributed by atoms with Gasteiger partial charge in [0.25, 0.3) is 0 Å². The van der Waals surface area contributed by atoms with Crippen molar-refractivity contribution in [2.75, 3.05) is 6.54 Å². The molecule has 0 aliphatic rings. The Bertz CT molecular complexity index is 717. The summed E-state index contributed by atoms with van der Waals surface area (Å²) in [5.41, 5.74) is 0.577. The molecule has 1 unspecified atom stereocenters. The molecular formula is C14H13Cl2NO3S. The maximum absolute atomic E-state index is 12.1. The first-order valence-corrected chi connectivity index (χ1v) is 8.31. The average molecular weight is 346 g/mol. The number of rotatable bonds is 5. The zero-order valence-corrected chi connectivity index (χ0v) is 13.2. The lowest BCUT2D eigenvalue weighted by molar-refractivity contribution is 0.182. The molecule has 0 aliphatic carbocycles. The Kier molecular flexibility index (Phi) is 5.24. The summed E-state index contributed by atoms with van der Waals surface area (Å²) in [4.78, 5) is 0.0540. The SMILES string of the molecule is O=S(=O)(NCC(O)c1ccc(Cl)cc1)c1cccc(Cl)c1. The molecule has 2 aromatic carbocycles. The van der Waals surface area contributed by atoms with Gasteiger partial charge in [-0.05, 0) is 35.9 Å². The topological polar surface area (TPSA) is 66.4 Å². The predicted molar refractivity (Wildman–Crippen MR) is 83.1 cm³/mol. The quantitative estimate of drug-likeness (QED) is 0.875. The van der Waals surface area contributed by atoms with Gasteiger partial charge in [0.1, 0.15) is 0 Å². The van der Waals surface area contributed by atoms with Crippen LogP contribution in [0.25, 0.3) is 0 Å². The Morgan fingerprint density at radius 2 is 1.71 bits per heavy atom. The minimum Gasteiger partial charge on any atom is -0.387 e. The van der Waals surface area contributed by atoms with Gasteiger partial charge in [-0.15, -0.1) is 0 Å². The molecule has 1 atom stereocenters. The fourth-order valence-electron chi connectivity index (χ4n) is 1.71. The number of aliphatic hydroxyl groups is 1. The molecule has 4 nitrogen and oxygen atoms in total. The fraction of sp³-hybridized carbons (Fsp3) is 0.143. The first-order chi connectivity index (χ1) is 9.88. The van der Waals surface area contributed by atoms with Crippen molar-refractivity contribution >= 4 is 33.2 Å². The van der Waals surface area contributed by atoms with Gasteiger partial charge in [0.05, 0.1) is 11.0 Å². The highest BCUT2D eigenvalue weighted by atomic mass is 35.5. The number of hydrogen-bond acceptors (Lipinski definition) is 3. The normalized spacial score (nSPS) is 13.1. The van der Waals surface area contributed by atoms with Crippen molar-refractivity contribution in [3.63, 3.8) is 0 Å². The molecular weight excluding hydrogens is 333 g/mol. The maximum atomic E-state index is 12.1. The van der Waals surface area contributed by atoms with E-state index < -0.39 is 16.1 Å². The average Bonchev–Trinajstić information content (AvgIpc) is 2.45. The van der Waals surface area contributed by atoms with Crippen LogP contribution in [0.2, 0.25) is 10.0 Å². The van der Waals surface area contributed by atoms with Gasteiger partial charge in [-0.3, -0.25) is 0 Å². The lowest BCUT2D eigenvalue weighted by Gasteiger charge is -2.13. The Balaban J connectivity index is 2.06. The molecule has 2 aromatic rings. The minimum absolute atomic E-state index is 0.0540. The second-order valence-corrected chi connectivity index (χ2v) is 7.02. The lowest BCUT2D eigenvalue weighted by Crippen LogP contribution is -2.28. The molecule has 0 aliphatic heterocycles. The molecule has 0 amide bonds. The Labute approximate surface area is 133 Å². The molecule has 0 heterocycles. The Morgan fingerprint density at radius 3 is 2.33 bits per heavy atom. The van der Waals surface area contributed by atoms with Crippen LogP contribution in [0.15, 0.2) is 53.4 Å². The first kappa shape index (κ1) is 16.3. The second kappa shape index (κ2) is 6.77. The highest BCUT2D eigenvalue weighted by Gasteiger charge is 2.16. The van der Waals surface area contributed by atoms with Crippen molar-refractivity contribution in [3.05, 3.63) is 64.1 Å². The van der Waals surface area contributed by atoms with Crippen molar-refractivity contribution in [2.24, 2.45) is 0 Å². The summed E-state index contributed by atoms with van der Waals surface area (Å²) in [5.74, 6) is 0. The molecule has 21 heavy (non-hydrogen) atoms. The lowest BCUT2D eigenvalue weighted by atomic mass is 10.1.